The second-order valence-corrected chi connectivity index (χ2v) is 7.59. The summed E-state index contributed by atoms with van der Waals surface area (Å²) < 4.78 is 0. The summed E-state index contributed by atoms with van der Waals surface area (Å²) in [7, 11) is 0. The van der Waals surface area contributed by atoms with E-state index in [1.165, 1.54) is 69.3 Å². The minimum absolute atomic E-state index is 0.651. The predicted octanol–water partition coefficient (Wildman–Crippen LogP) is 4.94. The fourth-order valence-corrected chi connectivity index (χ4v) is 4.30. The summed E-state index contributed by atoms with van der Waals surface area (Å²) >= 11 is 1.99. The van der Waals surface area contributed by atoms with E-state index in [9.17, 15) is 0 Å². The fourth-order valence-electron chi connectivity index (χ4n) is 3.41. The maximum Gasteiger partial charge on any atom is 0.00482 e. The molecule has 0 radical (unpaired) electrons. The zero-order valence-electron chi connectivity index (χ0n) is 12.6. The van der Waals surface area contributed by atoms with E-state index in [1.54, 1.807) is 4.88 Å². The molecule has 108 valence electrons. The summed E-state index contributed by atoms with van der Waals surface area (Å²) in [5.74, 6) is 0. The van der Waals surface area contributed by atoms with Crippen molar-refractivity contribution in [1.29, 1.82) is 0 Å². The standard InChI is InChI=1S/C17H29NS/c1-3-13-18-14-12-17(9-4-5-10-17)11-8-16-7-6-15(2)19-16/h6-7,18H,3-5,8-14H2,1-2H3. The Morgan fingerprint density at radius 1 is 1.16 bits per heavy atom. The molecule has 2 heteroatoms. The molecule has 1 saturated carbocycles. The lowest BCUT2D eigenvalue weighted by Crippen LogP contribution is -2.25. The highest BCUT2D eigenvalue weighted by atomic mass is 32.1. The first-order valence-corrected chi connectivity index (χ1v) is 8.82. The smallest absolute Gasteiger partial charge is 0.00482 e. The molecule has 19 heavy (non-hydrogen) atoms. The third kappa shape index (κ3) is 4.61. The Morgan fingerprint density at radius 2 is 1.95 bits per heavy atom. The maximum absolute atomic E-state index is 3.59. The summed E-state index contributed by atoms with van der Waals surface area (Å²) in [5.41, 5.74) is 0.651. The molecule has 1 aliphatic carbocycles. The topological polar surface area (TPSA) is 12.0 Å². The van der Waals surface area contributed by atoms with Gasteiger partial charge < -0.3 is 5.32 Å². The summed E-state index contributed by atoms with van der Waals surface area (Å²) in [6.45, 7) is 6.86. The van der Waals surface area contributed by atoms with Crippen molar-refractivity contribution in [2.45, 2.75) is 65.2 Å². The monoisotopic (exact) mass is 279 g/mol. The van der Waals surface area contributed by atoms with Gasteiger partial charge in [-0.05, 0) is 76.1 Å². The van der Waals surface area contributed by atoms with Gasteiger partial charge in [0.1, 0.15) is 0 Å². The van der Waals surface area contributed by atoms with Gasteiger partial charge in [0.15, 0.2) is 0 Å². The third-order valence-corrected chi connectivity index (χ3v) is 5.68. The number of aryl methyl sites for hydroxylation is 2. The largest absolute Gasteiger partial charge is 0.317 e. The molecule has 1 nitrogen and oxygen atoms in total. The van der Waals surface area contributed by atoms with E-state index in [2.05, 4.69) is 31.3 Å². The Kier molecular flexibility index (Phi) is 5.90. The van der Waals surface area contributed by atoms with Gasteiger partial charge in [0, 0.05) is 9.75 Å². The Hall–Kier alpha value is -0.340. The lowest BCUT2D eigenvalue weighted by molar-refractivity contribution is 0.246. The molecule has 0 aromatic carbocycles. The predicted molar refractivity (Wildman–Crippen MR) is 86.1 cm³/mol. The third-order valence-electron chi connectivity index (χ3n) is 4.62. The van der Waals surface area contributed by atoms with E-state index in [1.807, 2.05) is 11.3 Å². The van der Waals surface area contributed by atoms with Crippen LogP contribution in [0.3, 0.4) is 0 Å². The minimum Gasteiger partial charge on any atom is -0.317 e. The quantitative estimate of drug-likeness (QED) is 0.665. The van der Waals surface area contributed by atoms with Crippen LogP contribution in [0.2, 0.25) is 0 Å². The van der Waals surface area contributed by atoms with E-state index in [0.717, 1.165) is 0 Å². The van der Waals surface area contributed by atoms with Crippen molar-refractivity contribution in [3.63, 3.8) is 0 Å². The van der Waals surface area contributed by atoms with Crippen molar-refractivity contribution in [3.05, 3.63) is 21.9 Å². The van der Waals surface area contributed by atoms with Crippen LogP contribution < -0.4 is 5.32 Å². The van der Waals surface area contributed by atoms with Crippen LogP contribution in [0.25, 0.3) is 0 Å². The molecule has 0 unspecified atom stereocenters. The van der Waals surface area contributed by atoms with Gasteiger partial charge in [-0.1, -0.05) is 19.8 Å². The minimum atomic E-state index is 0.651. The molecule has 1 heterocycles. The van der Waals surface area contributed by atoms with Crippen molar-refractivity contribution in [2.75, 3.05) is 13.1 Å². The average Bonchev–Trinajstić information content (AvgIpc) is 3.02. The molecule has 0 bridgehead atoms. The van der Waals surface area contributed by atoms with Crippen LogP contribution in [0.5, 0.6) is 0 Å². The van der Waals surface area contributed by atoms with E-state index < -0.39 is 0 Å². The molecule has 0 spiro atoms. The highest BCUT2D eigenvalue weighted by Gasteiger charge is 2.32. The Balaban J connectivity index is 1.81. The molecule has 2 rings (SSSR count). The van der Waals surface area contributed by atoms with Crippen molar-refractivity contribution in [1.82, 2.24) is 5.32 Å². The zero-order chi connectivity index (χ0) is 13.6. The summed E-state index contributed by atoms with van der Waals surface area (Å²) in [6.07, 6.45) is 11.2. The first kappa shape index (κ1) is 15.1. The van der Waals surface area contributed by atoms with E-state index in [0.29, 0.717) is 5.41 Å². The van der Waals surface area contributed by atoms with E-state index in [4.69, 9.17) is 0 Å². The molecule has 0 aliphatic heterocycles. The lowest BCUT2D eigenvalue weighted by Gasteiger charge is -2.29. The van der Waals surface area contributed by atoms with Crippen molar-refractivity contribution in [2.24, 2.45) is 5.41 Å². The maximum atomic E-state index is 3.59. The molecule has 0 atom stereocenters. The number of nitrogens with one attached hydrogen (secondary N) is 1. The van der Waals surface area contributed by atoms with Crippen LogP contribution in [0, 0.1) is 12.3 Å². The first-order valence-electron chi connectivity index (χ1n) is 8.00. The fraction of sp³-hybridized carbons (Fsp3) is 0.765. The van der Waals surface area contributed by atoms with Crippen molar-refractivity contribution in [3.8, 4) is 0 Å². The van der Waals surface area contributed by atoms with Gasteiger partial charge >= 0.3 is 0 Å². The summed E-state index contributed by atoms with van der Waals surface area (Å²) in [4.78, 5) is 3.05. The molecule has 1 aromatic rings. The van der Waals surface area contributed by atoms with Crippen LogP contribution in [-0.2, 0) is 6.42 Å². The number of rotatable bonds is 8. The molecule has 0 saturated heterocycles. The van der Waals surface area contributed by atoms with Gasteiger partial charge in [0.2, 0.25) is 0 Å². The van der Waals surface area contributed by atoms with Crippen LogP contribution in [-0.4, -0.2) is 13.1 Å². The van der Waals surface area contributed by atoms with Gasteiger partial charge in [-0.15, -0.1) is 11.3 Å². The summed E-state index contributed by atoms with van der Waals surface area (Å²) in [5, 5.41) is 3.59. The average molecular weight is 279 g/mol. The molecular weight excluding hydrogens is 250 g/mol. The number of hydrogen-bond donors (Lipinski definition) is 1. The van der Waals surface area contributed by atoms with Crippen LogP contribution >= 0.6 is 11.3 Å². The van der Waals surface area contributed by atoms with E-state index in [-0.39, 0.29) is 0 Å². The molecule has 1 N–H and O–H groups in total. The second-order valence-electron chi connectivity index (χ2n) is 6.22. The van der Waals surface area contributed by atoms with Crippen LogP contribution in [0.4, 0.5) is 0 Å². The molecule has 1 aromatic heterocycles. The van der Waals surface area contributed by atoms with Crippen LogP contribution in [0.15, 0.2) is 12.1 Å². The van der Waals surface area contributed by atoms with Crippen molar-refractivity contribution < 1.29 is 0 Å². The lowest BCUT2D eigenvalue weighted by atomic mass is 9.78. The zero-order valence-corrected chi connectivity index (χ0v) is 13.5. The van der Waals surface area contributed by atoms with Gasteiger partial charge in [-0.25, -0.2) is 0 Å². The normalized spacial score (nSPS) is 18.0. The van der Waals surface area contributed by atoms with Gasteiger partial charge in [-0.2, -0.15) is 0 Å². The molecule has 1 fully saturated rings. The molecule has 0 amide bonds. The Morgan fingerprint density at radius 3 is 2.58 bits per heavy atom. The van der Waals surface area contributed by atoms with Gasteiger partial charge in [-0.3, -0.25) is 0 Å². The van der Waals surface area contributed by atoms with E-state index >= 15 is 0 Å². The summed E-state index contributed by atoms with van der Waals surface area (Å²) in [6, 6.07) is 4.60. The highest BCUT2D eigenvalue weighted by Crippen LogP contribution is 2.44. The van der Waals surface area contributed by atoms with Gasteiger partial charge in [0.05, 0.1) is 0 Å². The SMILES string of the molecule is CCCNCCC1(CCc2ccc(C)s2)CCCC1. The van der Waals surface area contributed by atoms with Crippen LogP contribution in [0.1, 0.15) is 61.6 Å². The number of thiophene rings is 1. The Bertz CT molecular complexity index is 363. The molecular formula is C17H29NS. The number of hydrogen-bond acceptors (Lipinski definition) is 2. The van der Waals surface area contributed by atoms with Crippen molar-refractivity contribution >= 4 is 11.3 Å². The Labute approximate surface area is 122 Å². The first-order chi connectivity index (χ1) is 9.24. The highest BCUT2D eigenvalue weighted by molar-refractivity contribution is 7.11. The van der Waals surface area contributed by atoms with Gasteiger partial charge in [0.25, 0.3) is 0 Å². The molecule has 1 aliphatic rings. The second kappa shape index (κ2) is 7.44.